The number of carbonyl (C=O) groups is 1. The van der Waals surface area contributed by atoms with Crippen molar-refractivity contribution in [2.24, 2.45) is 7.05 Å². The molecule has 0 aliphatic carbocycles. The van der Waals surface area contributed by atoms with Gasteiger partial charge in [-0.3, -0.25) is 9.78 Å². The molecule has 0 unspecified atom stereocenters. The summed E-state index contributed by atoms with van der Waals surface area (Å²) in [6.45, 7) is 1.11. The Morgan fingerprint density at radius 3 is 2.82 bits per heavy atom. The molecule has 1 amide bonds. The maximum Gasteiger partial charge on any atom is 0.274 e. The van der Waals surface area contributed by atoms with E-state index in [-0.39, 0.29) is 5.91 Å². The molecule has 3 rings (SSSR count). The van der Waals surface area contributed by atoms with Gasteiger partial charge in [0.15, 0.2) is 0 Å². The first-order valence-electron chi connectivity index (χ1n) is 6.92. The van der Waals surface area contributed by atoms with Crippen molar-refractivity contribution < 1.29 is 4.79 Å². The Kier molecular flexibility index (Phi) is 4.29. The molecule has 0 aliphatic rings. The molecule has 0 radical (unpaired) electrons. The molecule has 3 aromatic rings. The Morgan fingerprint density at radius 2 is 2.18 bits per heavy atom. The van der Waals surface area contributed by atoms with Crippen LogP contribution in [-0.4, -0.2) is 25.3 Å². The zero-order valence-electron chi connectivity index (χ0n) is 12.2. The lowest BCUT2D eigenvalue weighted by molar-refractivity contribution is 0.0722. The standard InChI is InChI=1S/C16H16N4OS/c1-19-8-2-4-13(19)11-20(12-14-5-3-9-22-14)16(21)15-10-17-6-7-18-15/h2-10H,11-12H2,1H3. The van der Waals surface area contributed by atoms with Gasteiger partial charge in [0.25, 0.3) is 5.91 Å². The van der Waals surface area contributed by atoms with Gasteiger partial charge in [0.1, 0.15) is 5.69 Å². The molecule has 0 bridgehead atoms. The average molecular weight is 312 g/mol. The number of aryl methyl sites for hydroxylation is 1. The first-order valence-corrected chi connectivity index (χ1v) is 7.80. The molecule has 0 saturated carbocycles. The van der Waals surface area contributed by atoms with Gasteiger partial charge in [-0.25, -0.2) is 4.98 Å². The van der Waals surface area contributed by atoms with E-state index in [0.29, 0.717) is 18.8 Å². The minimum absolute atomic E-state index is 0.109. The van der Waals surface area contributed by atoms with Gasteiger partial charge in [-0.2, -0.15) is 0 Å². The highest BCUT2D eigenvalue weighted by Gasteiger charge is 2.19. The molecule has 0 saturated heterocycles. The van der Waals surface area contributed by atoms with Crippen molar-refractivity contribution in [3.05, 3.63) is 70.7 Å². The van der Waals surface area contributed by atoms with Gasteiger partial charge in [0.05, 0.1) is 19.3 Å². The molecular weight excluding hydrogens is 296 g/mol. The Hall–Kier alpha value is -2.47. The molecule has 0 N–H and O–H groups in total. The number of carbonyl (C=O) groups excluding carboxylic acids is 1. The van der Waals surface area contributed by atoms with Crippen molar-refractivity contribution in [3.63, 3.8) is 0 Å². The van der Waals surface area contributed by atoms with E-state index in [1.165, 1.54) is 6.20 Å². The summed E-state index contributed by atoms with van der Waals surface area (Å²) in [6.07, 6.45) is 6.59. The number of rotatable bonds is 5. The number of hydrogen-bond acceptors (Lipinski definition) is 4. The summed E-state index contributed by atoms with van der Waals surface area (Å²) in [7, 11) is 1.98. The summed E-state index contributed by atoms with van der Waals surface area (Å²) in [5.74, 6) is -0.109. The smallest absolute Gasteiger partial charge is 0.274 e. The molecule has 5 nitrogen and oxygen atoms in total. The summed E-state index contributed by atoms with van der Waals surface area (Å²) in [6, 6.07) is 8.02. The summed E-state index contributed by atoms with van der Waals surface area (Å²) in [5.41, 5.74) is 1.45. The van der Waals surface area contributed by atoms with Crippen LogP contribution in [0.4, 0.5) is 0 Å². The topological polar surface area (TPSA) is 51.0 Å². The number of nitrogens with zero attached hydrogens (tertiary/aromatic N) is 4. The molecule has 0 aliphatic heterocycles. The normalized spacial score (nSPS) is 10.6. The number of aromatic nitrogens is 3. The van der Waals surface area contributed by atoms with E-state index < -0.39 is 0 Å². The van der Waals surface area contributed by atoms with Crippen molar-refractivity contribution in [1.29, 1.82) is 0 Å². The van der Waals surface area contributed by atoms with Crippen LogP contribution in [0.5, 0.6) is 0 Å². The highest BCUT2D eigenvalue weighted by Crippen LogP contribution is 2.16. The third-order valence-electron chi connectivity index (χ3n) is 3.40. The number of hydrogen-bond donors (Lipinski definition) is 0. The van der Waals surface area contributed by atoms with Gasteiger partial charge in [-0.15, -0.1) is 11.3 Å². The van der Waals surface area contributed by atoms with E-state index in [2.05, 4.69) is 9.97 Å². The summed E-state index contributed by atoms with van der Waals surface area (Å²) in [5, 5.41) is 2.02. The second kappa shape index (κ2) is 6.53. The maximum atomic E-state index is 12.7. The van der Waals surface area contributed by atoms with Crippen LogP contribution in [0.15, 0.2) is 54.4 Å². The highest BCUT2D eigenvalue weighted by molar-refractivity contribution is 7.09. The monoisotopic (exact) mass is 312 g/mol. The lowest BCUT2D eigenvalue weighted by Gasteiger charge is -2.22. The minimum Gasteiger partial charge on any atom is -0.353 e. The Morgan fingerprint density at radius 1 is 1.27 bits per heavy atom. The third kappa shape index (κ3) is 3.23. The molecular formula is C16H16N4OS. The van der Waals surface area contributed by atoms with Crippen LogP contribution in [-0.2, 0) is 20.1 Å². The predicted molar refractivity (Wildman–Crippen MR) is 85.3 cm³/mol. The molecule has 3 aromatic heterocycles. The third-order valence-corrected chi connectivity index (χ3v) is 4.26. The zero-order chi connectivity index (χ0) is 15.4. The van der Waals surface area contributed by atoms with Crippen LogP contribution in [0.3, 0.4) is 0 Å². The fourth-order valence-corrected chi connectivity index (χ4v) is 2.94. The van der Waals surface area contributed by atoms with Crippen LogP contribution in [0.1, 0.15) is 21.1 Å². The van der Waals surface area contributed by atoms with E-state index in [4.69, 9.17) is 0 Å². The largest absolute Gasteiger partial charge is 0.353 e. The van der Waals surface area contributed by atoms with E-state index >= 15 is 0 Å². The quantitative estimate of drug-likeness (QED) is 0.728. The van der Waals surface area contributed by atoms with E-state index in [1.807, 2.05) is 47.5 Å². The minimum atomic E-state index is -0.109. The van der Waals surface area contributed by atoms with E-state index in [0.717, 1.165) is 10.6 Å². The van der Waals surface area contributed by atoms with Gasteiger partial charge in [0, 0.05) is 36.2 Å². The fraction of sp³-hybridized carbons (Fsp3) is 0.188. The van der Waals surface area contributed by atoms with E-state index in [1.54, 1.807) is 28.6 Å². The lowest BCUT2D eigenvalue weighted by atomic mass is 10.3. The molecule has 22 heavy (non-hydrogen) atoms. The molecule has 3 heterocycles. The predicted octanol–water partition coefficient (Wildman–Crippen LogP) is 2.72. The van der Waals surface area contributed by atoms with Gasteiger partial charge >= 0.3 is 0 Å². The Labute approximate surface area is 132 Å². The summed E-state index contributed by atoms with van der Waals surface area (Å²) < 4.78 is 2.02. The highest BCUT2D eigenvalue weighted by atomic mass is 32.1. The number of amides is 1. The second-order valence-corrected chi connectivity index (χ2v) is 5.97. The van der Waals surface area contributed by atoms with Crippen molar-refractivity contribution in [3.8, 4) is 0 Å². The van der Waals surface area contributed by atoms with Gasteiger partial charge in [-0.1, -0.05) is 6.07 Å². The molecule has 112 valence electrons. The van der Waals surface area contributed by atoms with Crippen molar-refractivity contribution >= 4 is 17.2 Å². The molecule has 0 fully saturated rings. The van der Waals surface area contributed by atoms with Crippen LogP contribution in [0, 0.1) is 0 Å². The lowest BCUT2D eigenvalue weighted by Crippen LogP contribution is -2.31. The SMILES string of the molecule is Cn1cccc1CN(Cc1cccs1)C(=O)c1cnccn1. The molecule has 6 heteroatoms. The molecule has 0 atom stereocenters. The van der Waals surface area contributed by atoms with Gasteiger partial charge in [-0.05, 0) is 23.6 Å². The molecule has 0 aromatic carbocycles. The molecule has 0 spiro atoms. The second-order valence-electron chi connectivity index (χ2n) is 4.94. The van der Waals surface area contributed by atoms with Crippen molar-refractivity contribution in [2.75, 3.05) is 0 Å². The van der Waals surface area contributed by atoms with Crippen LogP contribution in [0.2, 0.25) is 0 Å². The summed E-state index contributed by atoms with van der Waals surface area (Å²) >= 11 is 1.64. The van der Waals surface area contributed by atoms with E-state index in [9.17, 15) is 4.79 Å². The first kappa shape index (κ1) is 14.5. The maximum absolute atomic E-state index is 12.7. The van der Waals surface area contributed by atoms with Gasteiger partial charge in [0.2, 0.25) is 0 Å². The Bertz CT molecular complexity index is 737. The van der Waals surface area contributed by atoms with Crippen LogP contribution in [0.25, 0.3) is 0 Å². The first-order chi connectivity index (χ1) is 10.7. The van der Waals surface area contributed by atoms with Crippen LogP contribution < -0.4 is 0 Å². The van der Waals surface area contributed by atoms with Crippen LogP contribution >= 0.6 is 11.3 Å². The van der Waals surface area contributed by atoms with Crippen molar-refractivity contribution in [2.45, 2.75) is 13.1 Å². The van der Waals surface area contributed by atoms with Crippen molar-refractivity contribution in [1.82, 2.24) is 19.4 Å². The summed E-state index contributed by atoms with van der Waals surface area (Å²) in [4.78, 5) is 23.8. The zero-order valence-corrected chi connectivity index (χ0v) is 13.0. The Balaban J connectivity index is 1.85. The average Bonchev–Trinajstić information content (AvgIpc) is 3.19. The van der Waals surface area contributed by atoms with Gasteiger partial charge < -0.3 is 9.47 Å². The number of thiophene rings is 1. The fourth-order valence-electron chi connectivity index (χ4n) is 2.22.